The third kappa shape index (κ3) is 2.68. The number of nitrogens with zero attached hydrogens (tertiary/aromatic N) is 2. The van der Waals surface area contributed by atoms with Crippen LogP contribution in [0.5, 0.6) is 0 Å². The molecule has 4 rings (SSSR count). The second kappa shape index (κ2) is 5.66. The normalized spacial score (nSPS) is 13.3. The van der Waals surface area contributed by atoms with E-state index in [-0.39, 0.29) is 5.91 Å². The molecule has 1 aliphatic heterocycles. The summed E-state index contributed by atoms with van der Waals surface area (Å²) >= 11 is 1.51. The third-order valence-electron chi connectivity index (χ3n) is 4.02. The summed E-state index contributed by atoms with van der Waals surface area (Å²) in [5, 5.41) is 2.76. The molecule has 0 fully saturated rings. The molecule has 0 radical (unpaired) electrons. The fourth-order valence-electron chi connectivity index (χ4n) is 2.90. The Labute approximate surface area is 138 Å². The zero-order chi connectivity index (χ0) is 15.8. The van der Waals surface area contributed by atoms with Gasteiger partial charge in [-0.15, -0.1) is 11.3 Å². The molecule has 3 heterocycles. The average Bonchev–Trinajstić information content (AvgIpc) is 3.25. The molecule has 4 nitrogen and oxygen atoms in total. The predicted octanol–water partition coefficient (Wildman–Crippen LogP) is 3.84. The summed E-state index contributed by atoms with van der Waals surface area (Å²) in [4.78, 5) is 19.0. The molecule has 0 saturated carbocycles. The van der Waals surface area contributed by atoms with Crippen molar-refractivity contribution in [2.75, 3.05) is 11.4 Å². The van der Waals surface area contributed by atoms with Gasteiger partial charge in [0.15, 0.2) is 10.8 Å². The first-order valence-electron chi connectivity index (χ1n) is 7.60. The Hall–Kier alpha value is -2.40. The SMILES string of the molecule is Cc1ccc(-c2nc(CC(=O)N3CCc4ccccc43)cs2)o1. The second-order valence-electron chi connectivity index (χ2n) is 5.66. The summed E-state index contributed by atoms with van der Waals surface area (Å²) in [5.74, 6) is 1.72. The Morgan fingerprint density at radius 2 is 2.17 bits per heavy atom. The summed E-state index contributed by atoms with van der Waals surface area (Å²) in [5.41, 5.74) is 3.08. The van der Waals surface area contributed by atoms with Gasteiger partial charge in [0.2, 0.25) is 5.91 Å². The number of carbonyl (C=O) groups excluding carboxylic acids is 1. The van der Waals surface area contributed by atoms with Crippen molar-refractivity contribution in [3.8, 4) is 10.8 Å². The van der Waals surface area contributed by atoms with Crippen LogP contribution in [0.4, 0.5) is 5.69 Å². The van der Waals surface area contributed by atoms with E-state index in [2.05, 4.69) is 11.1 Å². The van der Waals surface area contributed by atoms with Gasteiger partial charge in [-0.25, -0.2) is 4.98 Å². The van der Waals surface area contributed by atoms with Crippen molar-refractivity contribution in [3.63, 3.8) is 0 Å². The standard InChI is InChI=1S/C18H16N2O2S/c1-12-6-7-16(22-12)18-19-14(11-23-18)10-17(21)20-9-8-13-4-2-3-5-15(13)20/h2-7,11H,8-10H2,1H3. The molecule has 0 atom stereocenters. The Morgan fingerprint density at radius 1 is 1.30 bits per heavy atom. The summed E-state index contributed by atoms with van der Waals surface area (Å²) in [6.07, 6.45) is 1.25. The van der Waals surface area contributed by atoms with Gasteiger partial charge in [0.25, 0.3) is 0 Å². The molecule has 23 heavy (non-hydrogen) atoms. The van der Waals surface area contributed by atoms with Gasteiger partial charge >= 0.3 is 0 Å². The van der Waals surface area contributed by atoms with E-state index >= 15 is 0 Å². The van der Waals surface area contributed by atoms with Gasteiger partial charge in [-0.05, 0) is 37.1 Å². The number of furan rings is 1. The lowest BCUT2D eigenvalue weighted by molar-refractivity contribution is -0.117. The first-order chi connectivity index (χ1) is 11.2. The zero-order valence-electron chi connectivity index (χ0n) is 12.8. The molecule has 0 bridgehead atoms. The highest BCUT2D eigenvalue weighted by Gasteiger charge is 2.24. The summed E-state index contributed by atoms with van der Waals surface area (Å²) in [6, 6.07) is 11.9. The minimum absolute atomic E-state index is 0.0995. The smallest absolute Gasteiger partial charge is 0.233 e. The number of hydrogen-bond donors (Lipinski definition) is 0. The van der Waals surface area contributed by atoms with Crippen molar-refractivity contribution in [2.24, 2.45) is 0 Å². The number of rotatable bonds is 3. The van der Waals surface area contributed by atoms with Crippen LogP contribution >= 0.6 is 11.3 Å². The lowest BCUT2D eigenvalue weighted by Gasteiger charge is -2.16. The summed E-state index contributed by atoms with van der Waals surface area (Å²) in [6.45, 7) is 2.67. The van der Waals surface area contributed by atoms with Crippen molar-refractivity contribution in [1.82, 2.24) is 4.98 Å². The second-order valence-corrected chi connectivity index (χ2v) is 6.51. The fraction of sp³-hybridized carbons (Fsp3) is 0.222. The highest BCUT2D eigenvalue weighted by molar-refractivity contribution is 7.13. The molecule has 2 aromatic heterocycles. The minimum atomic E-state index is 0.0995. The molecule has 0 saturated heterocycles. The molecule has 116 valence electrons. The van der Waals surface area contributed by atoms with Gasteiger partial charge in [0, 0.05) is 17.6 Å². The lowest BCUT2D eigenvalue weighted by atomic mass is 10.2. The molecular formula is C18H16N2O2S. The minimum Gasteiger partial charge on any atom is -0.459 e. The number of aromatic nitrogens is 1. The monoisotopic (exact) mass is 324 g/mol. The van der Waals surface area contributed by atoms with Crippen molar-refractivity contribution < 1.29 is 9.21 Å². The van der Waals surface area contributed by atoms with Crippen LogP contribution < -0.4 is 4.90 Å². The highest BCUT2D eigenvalue weighted by Crippen LogP contribution is 2.29. The van der Waals surface area contributed by atoms with Crippen LogP contribution in [-0.4, -0.2) is 17.4 Å². The molecule has 0 N–H and O–H groups in total. The number of carbonyl (C=O) groups is 1. The van der Waals surface area contributed by atoms with Crippen LogP contribution in [0.3, 0.4) is 0 Å². The maximum absolute atomic E-state index is 12.6. The molecular weight excluding hydrogens is 308 g/mol. The van der Waals surface area contributed by atoms with Crippen molar-refractivity contribution in [2.45, 2.75) is 19.8 Å². The molecule has 1 amide bonds. The third-order valence-corrected chi connectivity index (χ3v) is 4.93. The molecule has 0 unspecified atom stereocenters. The van der Waals surface area contributed by atoms with Crippen molar-refractivity contribution in [3.05, 3.63) is 58.8 Å². The first-order valence-corrected chi connectivity index (χ1v) is 8.48. The van der Waals surface area contributed by atoms with Crippen LogP contribution in [0.25, 0.3) is 10.8 Å². The highest BCUT2D eigenvalue weighted by atomic mass is 32.1. The number of aryl methyl sites for hydroxylation is 1. The van der Waals surface area contributed by atoms with Gasteiger partial charge in [0.05, 0.1) is 12.1 Å². The van der Waals surface area contributed by atoms with E-state index in [9.17, 15) is 4.79 Å². The number of fused-ring (bicyclic) bond motifs is 1. The fourth-order valence-corrected chi connectivity index (χ4v) is 3.68. The van der Waals surface area contributed by atoms with Gasteiger partial charge in [-0.2, -0.15) is 0 Å². The van der Waals surface area contributed by atoms with Gasteiger partial charge in [0.1, 0.15) is 5.76 Å². The van der Waals surface area contributed by atoms with Crippen LogP contribution in [0.1, 0.15) is 17.0 Å². The maximum Gasteiger partial charge on any atom is 0.233 e. The van der Waals surface area contributed by atoms with E-state index in [1.165, 1.54) is 16.9 Å². The van der Waals surface area contributed by atoms with E-state index in [0.29, 0.717) is 6.42 Å². The van der Waals surface area contributed by atoms with Crippen molar-refractivity contribution >= 4 is 22.9 Å². The van der Waals surface area contributed by atoms with Gasteiger partial charge < -0.3 is 9.32 Å². The topological polar surface area (TPSA) is 46.3 Å². The summed E-state index contributed by atoms with van der Waals surface area (Å²) < 4.78 is 5.59. The van der Waals surface area contributed by atoms with Gasteiger partial charge in [-0.3, -0.25) is 4.79 Å². The molecule has 1 aromatic carbocycles. The van der Waals surface area contributed by atoms with E-state index in [1.807, 2.05) is 47.5 Å². The number of anilines is 1. The average molecular weight is 324 g/mol. The predicted molar refractivity (Wildman–Crippen MR) is 90.8 cm³/mol. The van der Waals surface area contributed by atoms with Crippen LogP contribution in [0.15, 0.2) is 46.2 Å². The number of benzene rings is 1. The van der Waals surface area contributed by atoms with Crippen molar-refractivity contribution in [1.29, 1.82) is 0 Å². The first kappa shape index (κ1) is 14.2. The quantitative estimate of drug-likeness (QED) is 0.735. The van der Waals surface area contributed by atoms with E-state index in [4.69, 9.17) is 4.42 Å². The Kier molecular flexibility index (Phi) is 3.50. The molecule has 3 aromatic rings. The van der Waals surface area contributed by atoms with Gasteiger partial charge in [-0.1, -0.05) is 18.2 Å². The Bertz CT molecular complexity index is 865. The largest absolute Gasteiger partial charge is 0.459 e. The lowest BCUT2D eigenvalue weighted by Crippen LogP contribution is -2.30. The Morgan fingerprint density at radius 3 is 3.00 bits per heavy atom. The number of para-hydroxylation sites is 1. The van der Waals surface area contributed by atoms with Crippen LogP contribution in [-0.2, 0) is 17.6 Å². The zero-order valence-corrected chi connectivity index (χ0v) is 13.6. The molecule has 0 spiro atoms. The number of amides is 1. The Balaban J connectivity index is 1.51. The van der Waals surface area contributed by atoms with E-state index < -0.39 is 0 Å². The van der Waals surface area contributed by atoms with E-state index in [0.717, 1.165) is 40.9 Å². The maximum atomic E-state index is 12.6. The van der Waals surface area contributed by atoms with Crippen LogP contribution in [0, 0.1) is 6.92 Å². The number of hydrogen-bond acceptors (Lipinski definition) is 4. The van der Waals surface area contributed by atoms with Crippen LogP contribution in [0.2, 0.25) is 0 Å². The number of thiazole rings is 1. The molecule has 1 aliphatic rings. The molecule has 0 aliphatic carbocycles. The molecule has 5 heteroatoms. The summed E-state index contributed by atoms with van der Waals surface area (Å²) in [7, 11) is 0. The van der Waals surface area contributed by atoms with E-state index in [1.54, 1.807) is 0 Å².